The maximum atomic E-state index is 12.8. The number of amides is 1. The summed E-state index contributed by atoms with van der Waals surface area (Å²) in [7, 11) is 1.93. The molecule has 0 saturated carbocycles. The van der Waals surface area contributed by atoms with E-state index in [2.05, 4.69) is 38.2 Å². The number of pyridine rings is 1. The van der Waals surface area contributed by atoms with Gasteiger partial charge in [-0.15, -0.1) is 11.3 Å². The fourth-order valence-corrected chi connectivity index (χ4v) is 4.48. The number of nitrogens with zero attached hydrogens (tertiary/aromatic N) is 3. The molecule has 28 heavy (non-hydrogen) atoms. The molecule has 1 aliphatic carbocycles. The highest BCUT2D eigenvalue weighted by atomic mass is 32.1. The highest BCUT2D eigenvalue weighted by Gasteiger charge is 2.28. The Morgan fingerprint density at radius 2 is 2.18 bits per heavy atom. The zero-order valence-electron chi connectivity index (χ0n) is 16.0. The number of hydrogen-bond acceptors (Lipinski definition) is 5. The van der Waals surface area contributed by atoms with Gasteiger partial charge in [-0.3, -0.25) is 14.5 Å². The van der Waals surface area contributed by atoms with Gasteiger partial charge < -0.3 is 10.6 Å². The van der Waals surface area contributed by atoms with E-state index in [4.69, 9.17) is 0 Å². The van der Waals surface area contributed by atoms with Crippen molar-refractivity contribution in [2.24, 2.45) is 7.05 Å². The summed E-state index contributed by atoms with van der Waals surface area (Å²) in [6.45, 7) is 1.44. The molecular formula is C21H25N5OS. The van der Waals surface area contributed by atoms with Crippen molar-refractivity contribution in [2.45, 2.75) is 38.3 Å². The maximum Gasteiger partial charge on any atom is 0.272 e. The van der Waals surface area contributed by atoms with Crippen molar-refractivity contribution in [3.8, 4) is 0 Å². The zero-order chi connectivity index (χ0) is 19.3. The molecule has 0 aliphatic heterocycles. The van der Waals surface area contributed by atoms with Gasteiger partial charge in [0.1, 0.15) is 0 Å². The predicted molar refractivity (Wildman–Crippen MR) is 110 cm³/mol. The summed E-state index contributed by atoms with van der Waals surface area (Å²) in [6.07, 6.45) is 7.40. The lowest BCUT2D eigenvalue weighted by Gasteiger charge is -2.24. The van der Waals surface area contributed by atoms with E-state index in [1.807, 2.05) is 23.9 Å². The first-order valence-corrected chi connectivity index (χ1v) is 10.6. The molecule has 3 aromatic heterocycles. The lowest BCUT2D eigenvalue weighted by Crippen LogP contribution is -2.36. The molecule has 1 unspecified atom stereocenters. The minimum Gasteiger partial charge on any atom is -0.347 e. The number of carbonyl (C=O) groups excluding carboxylic acids is 1. The van der Waals surface area contributed by atoms with Crippen molar-refractivity contribution >= 4 is 17.2 Å². The van der Waals surface area contributed by atoms with Gasteiger partial charge in [-0.2, -0.15) is 5.10 Å². The van der Waals surface area contributed by atoms with Crippen molar-refractivity contribution in [2.75, 3.05) is 6.54 Å². The molecule has 0 aromatic carbocycles. The molecule has 1 aliphatic rings. The van der Waals surface area contributed by atoms with E-state index in [1.165, 1.54) is 10.6 Å². The quantitative estimate of drug-likeness (QED) is 0.645. The van der Waals surface area contributed by atoms with Gasteiger partial charge in [0.25, 0.3) is 5.91 Å². The minimum absolute atomic E-state index is 0.104. The Bertz CT molecular complexity index is 920. The van der Waals surface area contributed by atoms with E-state index in [9.17, 15) is 4.79 Å². The molecule has 0 fully saturated rings. The lowest BCUT2D eigenvalue weighted by atomic mass is 9.91. The van der Waals surface area contributed by atoms with Crippen molar-refractivity contribution in [1.82, 2.24) is 25.4 Å². The van der Waals surface area contributed by atoms with Gasteiger partial charge >= 0.3 is 0 Å². The van der Waals surface area contributed by atoms with Gasteiger partial charge in [0.05, 0.1) is 0 Å². The molecule has 146 valence electrons. The maximum absolute atomic E-state index is 12.8. The number of aromatic nitrogens is 3. The van der Waals surface area contributed by atoms with E-state index in [1.54, 1.807) is 23.7 Å². The molecule has 0 bridgehead atoms. The van der Waals surface area contributed by atoms with Crippen LogP contribution in [0.2, 0.25) is 0 Å². The first kappa shape index (κ1) is 18.8. The summed E-state index contributed by atoms with van der Waals surface area (Å²) in [6, 6.07) is 8.48. The number of carbonyl (C=O) groups is 1. The van der Waals surface area contributed by atoms with E-state index in [0.717, 1.165) is 43.4 Å². The lowest BCUT2D eigenvalue weighted by molar-refractivity contribution is 0.0944. The van der Waals surface area contributed by atoms with Gasteiger partial charge in [-0.1, -0.05) is 6.07 Å². The summed E-state index contributed by atoms with van der Waals surface area (Å²) in [5.41, 5.74) is 3.87. The molecule has 2 N–H and O–H groups in total. The van der Waals surface area contributed by atoms with Crippen LogP contribution >= 0.6 is 11.3 Å². The fourth-order valence-electron chi connectivity index (χ4n) is 3.77. The molecule has 3 heterocycles. The molecule has 0 radical (unpaired) electrons. The minimum atomic E-state index is -0.104. The highest BCUT2D eigenvalue weighted by molar-refractivity contribution is 7.09. The Kier molecular flexibility index (Phi) is 5.83. The summed E-state index contributed by atoms with van der Waals surface area (Å²) in [5, 5.41) is 13.3. The van der Waals surface area contributed by atoms with Crippen LogP contribution in [0.4, 0.5) is 0 Å². The summed E-state index contributed by atoms with van der Waals surface area (Å²) in [5.74, 6) is -0.104. The van der Waals surface area contributed by atoms with E-state index < -0.39 is 0 Å². The molecule has 0 spiro atoms. The summed E-state index contributed by atoms with van der Waals surface area (Å²) in [4.78, 5) is 18.2. The van der Waals surface area contributed by atoms with E-state index in [0.29, 0.717) is 18.3 Å². The number of fused-ring (bicyclic) bond motifs is 1. The van der Waals surface area contributed by atoms with Gasteiger partial charge in [-0.25, -0.2) is 0 Å². The Balaban J connectivity index is 1.38. The Labute approximate surface area is 169 Å². The topological polar surface area (TPSA) is 71.8 Å². The third-order valence-electron chi connectivity index (χ3n) is 5.26. The van der Waals surface area contributed by atoms with Crippen molar-refractivity contribution in [3.05, 3.63) is 69.4 Å². The monoisotopic (exact) mass is 395 g/mol. The number of hydrogen-bond donors (Lipinski definition) is 2. The SMILES string of the molecule is Cn1nc(C(=O)NCc2ccncc2)c2c1CCC(NCCc1cccs1)C2. The number of nitrogens with one attached hydrogen (secondary N) is 2. The standard InChI is InChI=1S/C21H25N5OS/c1-26-19-5-4-16(23-11-8-17-3-2-12-28-17)13-18(19)20(25-26)21(27)24-14-15-6-9-22-10-7-15/h2-3,6-7,9-10,12,16,23H,4-5,8,11,13-14H2,1H3,(H,24,27). The predicted octanol–water partition coefficient (Wildman–Crippen LogP) is 2.50. The van der Waals surface area contributed by atoms with Gasteiger partial charge in [0.15, 0.2) is 5.69 Å². The van der Waals surface area contributed by atoms with Gasteiger partial charge in [0.2, 0.25) is 0 Å². The Morgan fingerprint density at radius 1 is 1.32 bits per heavy atom. The van der Waals surface area contributed by atoms with Crippen LogP contribution in [0.25, 0.3) is 0 Å². The Morgan fingerprint density at radius 3 is 2.96 bits per heavy atom. The largest absolute Gasteiger partial charge is 0.347 e. The third kappa shape index (κ3) is 4.31. The van der Waals surface area contributed by atoms with Crippen LogP contribution in [0.3, 0.4) is 0 Å². The van der Waals surface area contributed by atoms with Gasteiger partial charge in [0, 0.05) is 54.7 Å². The highest BCUT2D eigenvalue weighted by Crippen LogP contribution is 2.24. The fraction of sp³-hybridized carbons (Fsp3) is 0.381. The van der Waals surface area contributed by atoms with E-state index in [-0.39, 0.29) is 5.91 Å². The average molecular weight is 396 g/mol. The van der Waals surface area contributed by atoms with Crippen LogP contribution in [-0.4, -0.2) is 33.3 Å². The van der Waals surface area contributed by atoms with Crippen LogP contribution in [0.5, 0.6) is 0 Å². The second kappa shape index (κ2) is 8.67. The second-order valence-electron chi connectivity index (χ2n) is 7.16. The molecular weight excluding hydrogens is 370 g/mol. The van der Waals surface area contributed by atoms with Gasteiger partial charge in [-0.05, 0) is 54.8 Å². The van der Waals surface area contributed by atoms with Crippen LogP contribution in [0, 0.1) is 0 Å². The average Bonchev–Trinajstić information content (AvgIpc) is 3.35. The normalized spacial score (nSPS) is 16.0. The second-order valence-corrected chi connectivity index (χ2v) is 8.19. The Hall–Kier alpha value is -2.51. The van der Waals surface area contributed by atoms with Crippen LogP contribution in [0.1, 0.15) is 38.6 Å². The van der Waals surface area contributed by atoms with Crippen molar-refractivity contribution < 1.29 is 4.79 Å². The summed E-state index contributed by atoms with van der Waals surface area (Å²) < 4.78 is 1.87. The molecule has 3 aromatic rings. The van der Waals surface area contributed by atoms with Crippen LogP contribution in [0.15, 0.2) is 42.0 Å². The first-order valence-electron chi connectivity index (χ1n) is 9.68. The molecule has 1 amide bonds. The number of rotatable bonds is 7. The first-order chi connectivity index (χ1) is 13.7. The van der Waals surface area contributed by atoms with Crippen molar-refractivity contribution in [3.63, 3.8) is 0 Å². The molecule has 7 heteroatoms. The number of aryl methyl sites for hydroxylation is 1. The van der Waals surface area contributed by atoms with Crippen LogP contribution in [-0.2, 0) is 32.9 Å². The van der Waals surface area contributed by atoms with Crippen molar-refractivity contribution in [1.29, 1.82) is 0 Å². The van der Waals surface area contributed by atoms with E-state index >= 15 is 0 Å². The molecule has 1 atom stereocenters. The molecule has 0 saturated heterocycles. The molecule has 6 nitrogen and oxygen atoms in total. The van der Waals surface area contributed by atoms with Crippen LogP contribution < -0.4 is 10.6 Å². The number of thiophene rings is 1. The third-order valence-corrected chi connectivity index (χ3v) is 6.19. The molecule has 4 rings (SSSR count). The zero-order valence-corrected chi connectivity index (χ0v) is 16.8. The summed E-state index contributed by atoms with van der Waals surface area (Å²) >= 11 is 1.80. The smallest absolute Gasteiger partial charge is 0.272 e.